The number of hydrogen-bond donors (Lipinski definition) is 1. The summed E-state index contributed by atoms with van der Waals surface area (Å²) in [5.74, 6) is -0.197. The third-order valence-electron chi connectivity index (χ3n) is 4.15. The zero-order chi connectivity index (χ0) is 19.5. The maximum atomic E-state index is 12.7. The van der Waals surface area contributed by atoms with Gasteiger partial charge < -0.3 is 5.32 Å². The van der Waals surface area contributed by atoms with Gasteiger partial charge in [-0.05, 0) is 31.2 Å². The molecule has 0 aliphatic rings. The fraction of sp³-hybridized carbons (Fsp3) is 0.0952. The third-order valence-corrected chi connectivity index (χ3v) is 5.40. The summed E-state index contributed by atoms with van der Waals surface area (Å²) in [7, 11) is 0. The zero-order valence-electron chi connectivity index (χ0n) is 15.1. The average Bonchev–Trinajstić information content (AvgIpc) is 3.34. The van der Waals surface area contributed by atoms with Crippen LogP contribution in [-0.4, -0.2) is 20.7 Å². The molecule has 0 unspecified atom stereocenters. The molecule has 2 aromatic heterocycles. The fourth-order valence-corrected chi connectivity index (χ4v) is 3.98. The minimum Gasteiger partial charge on any atom is -0.345 e. The lowest BCUT2D eigenvalue weighted by molar-refractivity contribution is 0.0942. The lowest BCUT2D eigenvalue weighted by atomic mass is 10.2. The van der Waals surface area contributed by atoms with Crippen molar-refractivity contribution < 1.29 is 4.79 Å². The highest BCUT2D eigenvalue weighted by molar-refractivity contribution is 7.13. The van der Waals surface area contributed by atoms with Crippen LogP contribution in [0.4, 0.5) is 0 Å². The highest BCUT2D eigenvalue weighted by Crippen LogP contribution is 2.30. The van der Waals surface area contributed by atoms with Crippen LogP contribution in [0.5, 0.6) is 0 Å². The van der Waals surface area contributed by atoms with Gasteiger partial charge in [0.15, 0.2) is 0 Å². The van der Waals surface area contributed by atoms with Crippen LogP contribution < -0.4 is 5.32 Å². The van der Waals surface area contributed by atoms with Crippen molar-refractivity contribution in [2.75, 3.05) is 0 Å². The Labute approximate surface area is 171 Å². The van der Waals surface area contributed by atoms with Crippen LogP contribution in [0, 0.1) is 6.92 Å². The predicted molar refractivity (Wildman–Crippen MR) is 112 cm³/mol. The second-order valence-electron chi connectivity index (χ2n) is 6.22. The average molecular weight is 409 g/mol. The maximum Gasteiger partial charge on any atom is 0.270 e. The Morgan fingerprint density at radius 1 is 1.14 bits per heavy atom. The summed E-state index contributed by atoms with van der Waals surface area (Å²) in [5, 5.41) is 10.8. The first-order valence-corrected chi connectivity index (χ1v) is 9.97. The van der Waals surface area contributed by atoms with Gasteiger partial charge in [-0.25, -0.2) is 9.67 Å². The highest BCUT2D eigenvalue weighted by atomic mass is 35.5. The van der Waals surface area contributed by atoms with Gasteiger partial charge in [-0.15, -0.1) is 11.3 Å². The molecule has 7 heteroatoms. The number of rotatable bonds is 5. The molecular formula is C21H17ClN4OS. The maximum absolute atomic E-state index is 12.7. The largest absolute Gasteiger partial charge is 0.345 e. The SMILES string of the molecule is Cc1cc(C(=O)NCc2csc(-c3ccccc3Cl)n2)n(-c2ccccc2)n1. The van der Waals surface area contributed by atoms with Gasteiger partial charge in [-0.3, -0.25) is 4.79 Å². The van der Waals surface area contributed by atoms with Gasteiger partial charge in [0.2, 0.25) is 0 Å². The molecule has 0 aliphatic carbocycles. The molecule has 0 atom stereocenters. The number of halogens is 1. The van der Waals surface area contributed by atoms with Crippen LogP contribution in [0.25, 0.3) is 16.3 Å². The van der Waals surface area contributed by atoms with Gasteiger partial charge in [-0.1, -0.05) is 48.0 Å². The van der Waals surface area contributed by atoms with Gasteiger partial charge >= 0.3 is 0 Å². The van der Waals surface area contributed by atoms with Crippen molar-refractivity contribution in [1.29, 1.82) is 0 Å². The van der Waals surface area contributed by atoms with Crippen molar-refractivity contribution in [2.45, 2.75) is 13.5 Å². The van der Waals surface area contributed by atoms with Crippen LogP contribution >= 0.6 is 22.9 Å². The zero-order valence-corrected chi connectivity index (χ0v) is 16.7. The lowest BCUT2D eigenvalue weighted by Gasteiger charge is -2.07. The molecule has 140 valence electrons. The van der Waals surface area contributed by atoms with Gasteiger partial charge in [0.25, 0.3) is 5.91 Å². The van der Waals surface area contributed by atoms with Gasteiger partial charge in [-0.2, -0.15) is 5.10 Å². The summed E-state index contributed by atoms with van der Waals surface area (Å²) in [6.07, 6.45) is 0. The van der Waals surface area contributed by atoms with E-state index in [-0.39, 0.29) is 5.91 Å². The van der Waals surface area contributed by atoms with E-state index in [1.165, 1.54) is 11.3 Å². The van der Waals surface area contributed by atoms with E-state index in [1.807, 2.05) is 66.9 Å². The van der Waals surface area contributed by atoms with Gasteiger partial charge in [0.05, 0.1) is 28.6 Å². The molecule has 2 heterocycles. The van der Waals surface area contributed by atoms with Crippen LogP contribution in [0.3, 0.4) is 0 Å². The molecule has 0 aliphatic heterocycles. The molecular weight excluding hydrogens is 392 g/mol. The first kappa shape index (κ1) is 18.4. The van der Waals surface area contributed by atoms with E-state index in [2.05, 4.69) is 15.4 Å². The smallest absolute Gasteiger partial charge is 0.270 e. The monoisotopic (exact) mass is 408 g/mol. The Morgan fingerprint density at radius 3 is 2.68 bits per heavy atom. The Hall–Kier alpha value is -2.96. The number of nitrogens with zero attached hydrogens (tertiary/aromatic N) is 3. The summed E-state index contributed by atoms with van der Waals surface area (Å²) in [5.41, 5.74) is 3.80. The van der Waals surface area contributed by atoms with Crippen LogP contribution in [0.2, 0.25) is 5.02 Å². The Kier molecular flexibility index (Phi) is 5.23. The molecule has 0 fully saturated rings. The van der Waals surface area contributed by atoms with Crippen LogP contribution in [0.15, 0.2) is 66.0 Å². The van der Waals surface area contributed by atoms with E-state index in [0.717, 1.165) is 27.6 Å². The van der Waals surface area contributed by atoms with Gasteiger partial charge in [0, 0.05) is 10.9 Å². The molecule has 0 saturated heterocycles. The predicted octanol–water partition coefficient (Wildman–Crippen LogP) is 4.89. The first-order chi connectivity index (χ1) is 13.6. The van der Waals surface area contributed by atoms with E-state index in [9.17, 15) is 4.79 Å². The normalized spacial score (nSPS) is 10.8. The number of carbonyl (C=O) groups excluding carboxylic acids is 1. The summed E-state index contributed by atoms with van der Waals surface area (Å²) in [6, 6.07) is 19.0. The topological polar surface area (TPSA) is 59.8 Å². The standard InChI is InChI=1S/C21H17ClN4OS/c1-14-11-19(26(25-14)16-7-3-2-4-8-16)20(27)23-12-15-13-28-21(24-15)17-9-5-6-10-18(17)22/h2-11,13H,12H2,1H3,(H,23,27). The summed E-state index contributed by atoms with van der Waals surface area (Å²) < 4.78 is 1.65. The molecule has 2 aromatic carbocycles. The Bertz CT molecular complexity index is 1120. The number of para-hydroxylation sites is 1. The molecule has 0 bridgehead atoms. The Balaban J connectivity index is 1.50. The number of aryl methyl sites for hydroxylation is 1. The highest BCUT2D eigenvalue weighted by Gasteiger charge is 2.16. The van der Waals surface area contributed by atoms with Crippen molar-refractivity contribution in [3.63, 3.8) is 0 Å². The van der Waals surface area contributed by atoms with Crippen molar-refractivity contribution >= 4 is 28.8 Å². The van der Waals surface area contributed by atoms with Crippen molar-refractivity contribution in [2.24, 2.45) is 0 Å². The molecule has 4 rings (SSSR count). The summed E-state index contributed by atoms with van der Waals surface area (Å²) in [6.45, 7) is 2.20. The number of nitrogens with one attached hydrogen (secondary N) is 1. The molecule has 4 aromatic rings. The van der Waals surface area contributed by atoms with Crippen molar-refractivity contribution in [3.05, 3.63) is 88.1 Å². The van der Waals surface area contributed by atoms with E-state index in [0.29, 0.717) is 17.3 Å². The number of carbonyl (C=O) groups is 1. The second kappa shape index (κ2) is 7.96. The van der Waals surface area contributed by atoms with E-state index >= 15 is 0 Å². The minimum absolute atomic E-state index is 0.197. The van der Waals surface area contributed by atoms with Crippen molar-refractivity contribution in [3.8, 4) is 16.3 Å². The molecule has 5 nitrogen and oxygen atoms in total. The minimum atomic E-state index is -0.197. The van der Waals surface area contributed by atoms with E-state index in [4.69, 9.17) is 11.6 Å². The second-order valence-corrected chi connectivity index (χ2v) is 7.49. The van der Waals surface area contributed by atoms with Crippen LogP contribution in [0.1, 0.15) is 21.9 Å². The fourth-order valence-electron chi connectivity index (χ4n) is 2.84. The Morgan fingerprint density at radius 2 is 1.89 bits per heavy atom. The van der Waals surface area contributed by atoms with E-state index < -0.39 is 0 Å². The summed E-state index contributed by atoms with van der Waals surface area (Å²) in [4.78, 5) is 17.3. The number of amides is 1. The number of thiazole rings is 1. The third kappa shape index (κ3) is 3.83. The molecule has 0 spiro atoms. The van der Waals surface area contributed by atoms with Gasteiger partial charge in [0.1, 0.15) is 10.7 Å². The first-order valence-electron chi connectivity index (χ1n) is 8.71. The molecule has 1 amide bonds. The van der Waals surface area contributed by atoms with Crippen LogP contribution in [-0.2, 0) is 6.54 Å². The number of hydrogen-bond acceptors (Lipinski definition) is 4. The van der Waals surface area contributed by atoms with Crippen molar-refractivity contribution in [1.82, 2.24) is 20.1 Å². The molecule has 28 heavy (non-hydrogen) atoms. The number of aromatic nitrogens is 3. The van der Waals surface area contributed by atoms with E-state index in [1.54, 1.807) is 10.7 Å². The molecule has 0 radical (unpaired) electrons. The lowest BCUT2D eigenvalue weighted by Crippen LogP contribution is -2.25. The number of benzene rings is 2. The summed E-state index contributed by atoms with van der Waals surface area (Å²) >= 11 is 7.74. The quantitative estimate of drug-likeness (QED) is 0.511. The molecule has 1 N–H and O–H groups in total. The molecule has 0 saturated carbocycles.